The molecule has 4 nitrogen and oxygen atoms in total. The smallest absolute Gasteiger partial charge is 0.405 e. The minimum atomic E-state index is -1.15. The van der Waals surface area contributed by atoms with Gasteiger partial charge in [-0.25, -0.2) is 4.79 Å². The van der Waals surface area contributed by atoms with E-state index < -0.39 is 18.2 Å². The lowest BCUT2D eigenvalue weighted by atomic mass is 9.94. The van der Waals surface area contributed by atoms with E-state index in [0.717, 1.165) is 11.1 Å². The van der Waals surface area contributed by atoms with Crippen molar-refractivity contribution in [2.45, 2.75) is 12.1 Å². The van der Waals surface area contributed by atoms with Crippen LogP contribution in [0.3, 0.4) is 0 Å². The van der Waals surface area contributed by atoms with Gasteiger partial charge in [0.1, 0.15) is 0 Å². The van der Waals surface area contributed by atoms with E-state index in [0.29, 0.717) is 10.0 Å². The Kier molecular flexibility index (Phi) is 5.07. The molecule has 0 radical (unpaired) electrons. The summed E-state index contributed by atoms with van der Waals surface area (Å²) in [5, 5.41) is 12.6. The van der Waals surface area contributed by atoms with Crippen molar-refractivity contribution >= 4 is 29.3 Å². The van der Waals surface area contributed by atoms with E-state index in [1.54, 1.807) is 42.5 Å². The highest BCUT2D eigenvalue weighted by molar-refractivity contribution is 6.30. The van der Waals surface area contributed by atoms with Crippen LogP contribution in [0.4, 0.5) is 4.79 Å². The van der Waals surface area contributed by atoms with Crippen molar-refractivity contribution in [3.8, 4) is 0 Å². The van der Waals surface area contributed by atoms with Crippen LogP contribution in [0.5, 0.6) is 0 Å². The summed E-state index contributed by atoms with van der Waals surface area (Å²) < 4.78 is 0. The summed E-state index contributed by atoms with van der Waals surface area (Å²) in [5.74, 6) is 0. The molecule has 1 amide bonds. The van der Waals surface area contributed by atoms with E-state index >= 15 is 0 Å². The second-order valence-electron chi connectivity index (χ2n) is 4.56. The fourth-order valence-corrected chi connectivity index (χ4v) is 2.41. The van der Waals surface area contributed by atoms with Crippen LogP contribution in [0.2, 0.25) is 10.0 Å². The Bertz CT molecular complexity index is 632. The van der Waals surface area contributed by atoms with Gasteiger partial charge in [0, 0.05) is 10.0 Å². The van der Waals surface area contributed by atoms with E-state index in [1.165, 1.54) is 0 Å². The Balaban J connectivity index is 2.35. The number of nitrogens with two attached hydrogens (primary N) is 1. The number of rotatable bonds is 4. The highest BCUT2D eigenvalue weighted by Crippen LogP contribution is 2.29. The van der Waals surface area contributed by atoms with Crippen molar-refractivity contribution in [1.29, 1.82) is 0 Å². The first-order chi connectivity index (χ1) is 9.97. The van der Waals surface area contributed by atoms with Gasteiger partial charge in [-0.05, 0) is 35.4 Å². The largest absolute Gasteiger partial charge is 0.465 e. The molecule has 0 aliphatic heterocycles. The van der Waals surface area contributed by atoms with E-state index in [-0.39, 0.29) is 0 Å². The zero-order chi connectivity index (χ0) is 15.4. The van der Waals surface area contributed by atoms with Gasteiger partial charge < -0.3 is 16.2 Å². The summed E-state index contributed by atoms with van der Waals surface area (Å²) in [6, 6.07) is 12.7. The van der Waals surface area contributed by atoms with E-state index in [2.05, 4.69) is 5.32 Å². The Morgan fingerprint density at radius 1 is 1.05 bits per heavy atom. The maximum atomic E-state index is 11.0. The first kappa shape index (κ1) is 15.6. The molecule has 110 valence electrons. The summed E-state index contributed by atoms with van der Waals surface area (Å²) in [7, 11) is 0. The highest BCUT2D eigenvalue weighted by atomic mass is 35.5. The van der Waals surface area contributed by atoms with Crippen LogP contribution in [0.1, 0.15) is 23.2 Å². The maximum Gasteiger partial charge on any atom is 0.405 e. The van der Waals surface area contributed by atoms with Crippen molar-refractivity contribution in [3.63, 3.8) is 0 Å². The number of amides is 1. The van der Waals surface area contributed by atoms with Crippen molar-refractivity contribution < 1.29 is 9.90 Å². The van der Waals surface area contributed by atoms with Gasteiger partial charge in [-0.15, -0.1) is 0 Å². The fourth-order valence-electron chi connectivity index (χ4n) is 2.09. The van der Waals surface area contributed by atoms with Crippen molar-refractivity contribution in [2.24, 2.45) is 5.73 Å². The monoisotopic (exact) mass is 324 g/mol. The van der Waals surface area contributed by atoms with Crippen molar-refractivity contribution in [3.05, 3.63) is 69.7 Å². The predicted molar refractivity (Wildman–Crippen MR) is 83.7 cm³/mol. The van der Waals surface area contributed by atoms with Gasteiger partial charge in [0.2, 0.25) is 0 Å². The number of nitrogens with one attached hydrogen (secondary N) is 1. The number of hydrogen-bond acceptors (Lipinski definition) is 2. The lowest BCUT2D eigenvalue weighted by molar-refractivity contribution is 0.187. The highest BCUT2D eigenvalue weighted by Gasteiger charge is 2.23. The molecule has 0 bridgehead atoms. The zero-order valence-electron chi connectivity index (χ0n) is 11.0. The number of carboxylic acid groups (broad SMARTS) is 1. The molecule has 2 atom stereocenters. The molecule has 0 fully saturated rings. The van der Waals surface area contributed by atoms with Gasteiger partial charge >= 0.3 is 6.09 Å². The van der Waals surface area contributed by atoms with Gasteiger partial charge in [0.15, 0.2) is 0 Å². The topological polar surface area (TPSA) is 75.3 Å². The number of benzene rings is 2. The molecule has 0 saturated heterocycles. The SMILES string of the molecule is N[C@@H](c1cccc(Cl)c1)[C@H](NC(=O)O)c1ccc(Cl)cc1. The normalized spacial score (nSPS) is 13.5. The lowest BCUT2D eigenvalue weighted by Gasteiger charge is -2.25. The van der Waals surface area contributed by atoms with Gasteiger partial charge in [-0.1, -0.05) is 47.5 Å². The van der Waals surface area contributed by atoms with Crippen LogP contribution in [0.25, 0.3) is 0 Å². The molecule has 21 heavy (non-hydrogen) atoms. The maximum absolute atomic E-state index is 11.0. The predicted octanol–water partition coefficient (Wildman–Crippen LogP) is 4.00. The second kappa shape index (κ2) is 6.80. The molecule has 0 unspecified atom stereocenters. The quantitative estimate of drug-likeness (QED) is 0.795. The number of halogens is 2. The van der Waals surface area contributed by atoms with Gasteiger partial charge in [-0.2, -0.15) is 0 Å². The molecule has 0 spiro atoms. The van der Waals surface area contributed by atoms with E-state index in [1.807, 2.05) is 6.07 Å². The van der Waals surface area contributed by atoms with E-state index in [4.69, 9.17) is 34.0 Å². The third-order valence-corrected chi connectivity index (χ3v) is 3.59. The van der Waals surface area contributed by atoms with Crippen LogP contribution >= 0.6 is 23.2 Å². The molecule has 0 aliphatic carbocycles. The first-order valence-electron chi connectivity index (χ1n) is 6.23. The summed E-state index contributed by atoms with van der Waals surface area (Å²) in [6.07, 6.45) is -1.15. The molecule has 2 rings (SSSR count). The molecule has 2 aromatic carbocycles. The zero-order valence-corrected chi connectivity index (χ0v) is 12.5. The lowest BCUT2D eigenvalue weighted by Crippen LogP contribution is -2.35. The average Bonchev–Trinajstić information content (AvgIpc) is 2.45. The standard InChI is InChI=1S/C15H14Cl2N2O2/c16-11-6-4-9(5-7-11)14(19-15(20)21)13(18)10-2-1-3-12(17)8-10/h1-8,13-14,19H,18H2,(H,20,21)/t13-,14+/m0/s1. The third-order valence-electron chi connectivity index (χ3n) is 3.10. The van der Waals surface area contributed by atoms with E-state index in [9.17, 15) is 4.79 Å². The van der Waals surface area contributed by atoms with Crippen LogP contribution in [0.15, 0.2) is 48.5 Å². The van der Waals surface area contributed by atoms with Gasteiger partial charge in [0.05, 0.1) is 12.1 Å². The second-order valence-corrected chi connectivity index (χ2v) is 5.43. The third kappa shape index (κ3) is 4.11. The van der Waals surface area contributed by atoms with Crippen LogP contribution in [-0.2, 0) is 0 Å². The molecule has 6 heteroatoms. The Labute approximate surface area is 132 Å². The molecular weight excluding hydrogens is 311 g/mol. The molecule has 2 aromatic rings. The van der Waals surface area contributed by atoms with Gasteiger partial charge in [0.25, 0.3) is 0 Å². The van der Waals surface area contributed by atoms with Gasteiger partial charge in [-0.3, -0.25) is 0 Å². The fraction of sp³-hybridized carbons (Fsp3) is 0.133. The first-order valence-corrected chi connectivity index (χ1v) is 6.99. The average molecular weight is 325 g/mol. The van der Waals surface area contributed by atoms with Crippen LogP contribution < -0.4 is 11.1 Å². The number of carbonyl (C=O) groups is 1. The summed E-state index contributed by atoms with van der Waals surface area (Å²) in [4.78, 5) is 11.0. The summed E-state index contributed by atoms with van der Waals surface area (Å²) >= 11 is 11.8. The van der Waals surface area contributed by atoms with Crippen LogP contribution in [-0.4, -0.2) is 11.2 Å². The molecule has 0 aliphatic rings. The molecule has 0 aromatic heterocycles. The number of hydrogen-bond donors (Lipinski definition) is 3. The molecular formula is C15H14Cl2N2O2. The van der Waals surface area contributed by atoms with Crippen molar-refractivity contribution in [1.82, 2.24) is 5.32 Å². The Morgan fingerprint density at radius 3 is 2.29 bits per heavy atom. The van der Waals surface area contributed by atoms with Crippen molar-refractivity contribution in [2.75, 3.05) is 0 Å². The molecule has 0 heterocycles. The summed E-state index contributed by atoms with van der Waals surface area (Å²) in [6.45, 7) is 0. The minimum Gasteiger partial charge on any atom is -0.465 e. The Hall–Kier alpha value is -1.75. The van der Waals surface area contributed by atoms with Crippen LogP contribution in [0, 0.1) is 0 Å². The Morgan fingerprint density at radius 2 is 1.71 bits per heavy atom. The molecule has 4 N–H and O–H groups in total. The molecule has 0 saturated carbocycles. The summed E-state index contributed by atoms with van der Waals surface area (Å²) in [5.41, 5.74) is 7.69. The minimum absolute atomic E-state index is 0.549.